The number of rotatable bonds is 5. The quantitative estimate of drug-likeness (QED) is 0.553. The number of amides is 1. The van der Waals surface area contributed by atoms with Gasteiger partial charge in [-0.25, -0.2) is 4.79 Å². The Bertz CT molecular complexity index is 1160. The number of fused-ring (bicyclic) bond motifs is 1. The fourth-order valence-corrected chi connectivity index (χ4v) is 4.07. The van der Waals surface area contributed by atoms with Gasteiger partial charge in [0.2, 0.25) is 0 Å². The molecule has 0 saturated heterocycles. The second-order valence-electron chi connectivity index (χ2n) is 7.61. The Morgan fingerprint density at radius 1 is 1.12 bits per heavy atom. The number of carbonyl (C=O) groups is 3. The molecule has 2 heterocycles. The fraction of sp³-hybridized carbons (Fsp3) is 0.200. The number of benzene rings is 2. The minimum Gasteiger partial charge on any atom is -0.465 e. The summed E-state index contributed by atoms with van der Waals surface area (Å²) in [6.07, 6.45) is 2.10. The summed E-state index contributed by atoms with van der Waals surface area (Å²) >= 11 is 6.13. The summed E-state index contributed by atoms with van der Waals surface area (Å²) in [6, 6.07) is 16.6. The van der Waals surface area contributed by atoms with E-state index in [4.69, 9.17) is 16.3 Å². The predicted molar refractivity (Wildman–Crippen MR) is 120 cm³/mol. The zero-order valence-corrected chi connectivity index (χ0v) is 18.2. The molecule has 0 saturated carbocycles. The Morgan fingerprint density at radius 2 is 1.91 bits per heavy atom. The number of carbonyl (C=O) groups excluding carboxylic acids is 3. The molecule has 0 bridgehead atoms. The van der Waals surface area contributed by atoms with Gasteiger partial charge in [0.1, 0.15) is 0 Å². The van der Waals surface area contributed by atoms with E-state index in [1.165, 1.54) is 7.11 Å². The van der Waals surface area contributed by atoms with E-state index >= 15 is 0 Å². The largest absolute Gasteiger partial charge is 0.465 e. The lowest BCUT2D eigenvalue weighted by Gasteiger charge is -2.29. The average molecular weight is 449 g/mol. The van der Waals surface area contributed by atoms with E-state index in [2.05, 4.69) is 4.98 Å². The molecule has 1 aliphatic heterocycles. The number of hydrogen-bond donors (Lipinski definition) is 0. The van der Waals surface area contributed by atoms with Gasteiger partial charge < -0.3 is 9.64 Å². The van der Waals surface area contributed by atoms with Crippen LogP contribution in [0.15, 0.2) is 66.9 Å². The number of esters is 1. The number of methoxy groups -OCH3 is 1. The normalized spacial score (nSPS) is 15.8. The standard InChI is InChI=1S/C25H21ClN2O4/c1-32-25(31)17-7-5-16(6-8-17)15-28-22(14-20-4-2-3-11-27-20)23(29)13-18-12-19(26)9-10-21(18)24(28)30/h2-12,22H,13-15H2,1H3/t22-/m1/s1. The molecule has 6 nitrogen and oxygen atoms in total. The van der Waals surface area contributed by atoms with Crippen LogP contribution in [-0.2, 0) is 28.9 Å². The Labute approximate surface area is 190 Å². The molecule has 32 heavy (non-hydrogen) atoms. The van der Waals surface area contributed by atoms with Crippen molar-refractivity contribution in [3.8, 4) is 0 Å². The van der Waals surface area contributed by atoms with Crippen molar-refractivity contribution >= 4 is 29.3 Å². The number of halogens is 1. The van der Waals surface area contributed by atoms with Crippen molar-refractivity contribution in [1.29, 1.82) is 0 Å². The number of Topliss-reactive ketones (excluding diaryl/α,β-unsaturated/α-hetero) is 1. The number of nitrogens with zero attached hydrogens (tertiary/aromatic N) is 2. The molecular weight excluding hydrogens is 428 g/mol. The van der Waals surface area contributed by atoms with Crippen molar-refractivity contribution in [3.05, 3.63) is 99.8 Å². The summed E-state index contributed by atoms with van der Waals surface area (Å²) in [6.45, 7) is 0.214. The molecule has 0 spiro atoms. The second-order valence-corrected chi connectivity index (χ2v) is 8.04. The van der Waals surface area contributed by atoms with Gasteiger partial charge in [-0.05, 0) is 53.6 Å². The van der Waals surface area contributed by atoms with Crippen LogP contribution in [0, 0.1) is 0 Å². The van der Waals surface area contributed by atoms with Gasteiger partial charge in [0.25, 0.3) is 5.91 Å². The first-order chi connectivity index (χ1) is 15.5. The summed E-state index contributed by atoms with van der Waals surface area (Å²) in [5.74, 6) is -0.742. The number of aromatic nitrogens is 1. The van der Waals surface area contributed by atoms with Crippen LogP contribution in [0.2, 0.25) is 5.02 Å². The molecule has 162 valence electrons. The van der Waals surface area contributed by atoms with Crippen LogP contribution < -0.4 is 0 Å². The molecule has 2 aromatic carbocycles. The van der Waals surface area contributed by atoms with Crippen LogP contribution >= 0.6 is 11.6 Å². The highest BCUT2D eigenvalue weighted by Crippen LogP contribution is 2.27. The Balaban J connectivity index is 1.71. The van der Waals surface area contributed by atoms with Crippen molar-refractivity contribution in [1.82, 2.24) is 9.88 Å². The monoisotopic (exact) mass is 448 g/mol. The van der Waals surface area contributed by atoms with E-state index in [9.17, 15) is 14.4 Å². The third-order valence-corrected chi connectivity index (χ3v) is 5.76. The summed E-state index contributed by atoms with van der Waals surface area (Å²) in [5.41, 5.74) is 3.04. The first-order valence-electron chi connectivity index (χ1n) is 10.2. The van der Waals surface area contributed by atoms with Gasteiger partial charge in [0, 0.05) is 41.9 Å². The third kappa shape index (κ3) is 4.55. The maximum absolute atomic E-state index is 13.6. The second kappa shape index (κ2) is 9.32. The van der Waals surface area contributed by atoms with Crippen LogP contribution in [0.4, 0.5) is 0 Å². The number of pyridine rings is 1. The summed E-state index contributed by atoms with van der Waals surface area (Å²) in [5, 5.41) is 0.484. The highest BCUT2D eigenvalue weighted by atomic mass is 35.5. The van der Waals surface area contributed by atoms with Gasteiger partial charge in [-0.3, -0.25) is 14.6 Å². The van der Waals surface area contributed by atoms with Crippen molar-refractivity contribution in [2.75, 3.05) is 7.11 Å². The molecule has 7 heteroatoms. The smallest absolute Gasteiger partial charge is 0.337 e. The Morgan fingerprint density at radius 3 is 2.59 bits per heavy atom. The molecular formula is C25H21ClN2O4. The lowest BCUT2D eigenvalue weighted by atomic mass is 9.99. The molecule has 4 rings (SSSR count). The van der Waals surface area contributed by atoms with Crippen LogP contribution in [0.25, 0.3) is 0 Å². The fourth-order valence-electron chi connectivity index (χ4n) is 3.88. The lowest BCUT2D eigenvalue weighted by Crippen LogP contribution is -2.44. The van der Waals surface area contributed by atoms with Gasteiger partial charge in [0.05, 0.1) is 18.7 Å². The zero-order valence-electron chi connectivity index (χ0n) is 17.5. The van der Waals surface area contributed by atoms with Crippen LogP contribution in [-0.4, -0.2) is 40.7 Å². The summed E-state index contributed by atoms with van der Waals surface area (Å²) in [4.78, 5) is 44.5. The minimum absolute atomic E-state index is 0.0730. The highest BCUT2D eigenvalue weighted by Gasteiger charge is 2.35. The topological polar surface area (TPSA) is 76.6 Å². The van der Waals surface area contributed by atoms with E-state index in [1.807, 2.05) is 18.2 Å². The molecule has 0 fully saturated rings. The average Bonchev–Trinajstić information content (AvgIpc) is 2.89. The van der Waals surface area contributed by atoms with E-state index < -0.39 is 12.0 Å². The molecule has 3 aromatic rings. The van der Waals surface area contributed by atoms with Gasteiger partial charge >= 0.3 is 5.97 Å². The van der Waals surface area contributed by atoms with Crippen molar-refractivity contribution in [2.24, 2.45) is 0 Å². The predicted octanol–water partition coefficient (Wildman–Crippen LogP) is 3.90. The SMILES string of the molecule is COC(=O)c1ccc(CN2C(=O)c3ccc(Cl)cc3CC(=O)[C@H]2Cc2ccccn2)cc1. The third-order valence-electron chi connectivity index (χ3n) is 5.53. The van der Waals surface area contributed by atoms with Crippen LogP contribution in [0.5, 0.6) is 0 Å². The molecule has 1 aliphatic rings. The zero-order chi connectivity index (χ0) is 22.7. The maximum atomic E-state index is 13.6. The lowest BCUT2D eigenvalue weighted by molar-refractivity contribution is -0.122. The van der Waals surface area contributed by atoms with Gasteiger partial charge in [-0.1, -0.05) is 29.8 Å². The highest BCUT2D eigenvalue weighted by molar-refractivity contribution is 6.30. The Hall–Kier alpha value is -3.51. The first-order valence-corrected chi connectivity index (χ1v) is 10.5. The molecule has 0 unspecified atom stereocenters. The van der Waals surface area contributed by atoms with Crippen molar-refractivity contribution in [3.63, 3.8) is 0 Å². The van der Waals surface area contributed by atoms with Crippen LogP contribution in [0.1, 0.15) is 37.5 Å². The van der Waals surface area contributed by atoms with E-state index in [1.54, 1.807) is 53.6 Å². The van der Waals surface area contributed by atoms with Gasteiger partial charge in [0.15, 0.2) is 5.78 Å². The van der Waals surface area contributed by atoms with E-state index in [0.29, 0.717) is 28.1 Å². The van der Waals surface area contributed by atoms with E-state index in [-0.39, 0.29) is 24.7 Å². The molecule has 0 radical (unpaired) electrons. The van der Waals surface area contributed by atoms with Crippen LogP contribution in [0.3, 0.4) is 0 Å². The molecule has 0 N–H and O–H groups in total. The minimum atomic E-state index is -0.677. The van der Waals surface area contributed by atoms with Gasteiger partial charge in [-0.2, -0.15) is 0 Å². The molecule has 1 atom stereocenters. The molecule has 1 amide bonds. The first kappa shape index (κ1) is 21.7. The van der Waals surface area contributed by atoms with Gasteiger partial charge in [-0.15, -0.1) is 0 Å². The summed E-state index contributed by atoms with van der Waals surface area (Å²) in [7, 11) is 1.32. The summed E-state index contributed by atoms with van der Waals surface area (Å²) < 4.78 is 4.74. The van der Waals surface area contributed by atoms with Crippen molar-refractivity contribution < 1.29 is 19.1 Å². The van der Waals surface area contributed by atoms with E-state index in [0.717, 1.165) is 11.3 Å². The Kier molecular flexibility index (Phi) is 6.32. The number of ketones is 1. The molecule has 0 aliphatic carbocycles. The molecule has 1 aromatic heterocycles. The number of ether oxygens (including phenoxy) is 1. The number of hydrogen-bond acceptors (Lipinski definition) is 5. The van der Waals surface area contributed by atoms with Crippen molar-refractivity contribution in [2.45, 2.75) is 25.4 Å². The maximum Gasteiger partial charge on any atom is 0.337 e.